The van der Waals surface area contributed by atoms with Gasteiger partial charge in [-0.25, -0.2) is 9.67 Å². The van der Waals surface area contributed by atoms with Gasteiger partial charge in [-0.2, -0.15) is 16.9 Å². The highest BCUT2D eigenvalue weighted by molar-refractivity contribution is 7.99. The molecule has 0 bridgehead atoms. The van der Waals surface area contributed by atoms with Crippen LogP contribution in [0.3, 0.4) is 0 Å². The number of aryl methyl sites for hydroxylation is 2. The van der Waals surface area contributed by atoms with Gasteiger partial charge in [0.2, 0.25) is 0 Å². The molecule has 0 saturated carbocycles. The van der Waals surface area contributed by atoms with Crippen LogP contribution in [-0.4, -0.2) is 30.8 Å². The van der Waals surface area contributed by atoms with Crippen molar-refractivity contribution in [1.82, 2.24) is 19.3 Å². The Kier molecular flexibility index (Phi) is 4.50. The van der Waals surface area contributed by atoms with Crippen LogP contribution in [0.1, 0.15) is 43.6 Å². The van der Waals surface area contributed by atoms with Crippen molar-refractivity contribution in [3.63, 3.8) is 0 Å². The van der Waals surface area contributed by atoms with Crippen LogP contribution in [0.2, 0.25) is 0 Å². The van der Waals surface area contributed by atoms with Crippen molar-refractivity contribution in [2.45, 2.75) is 52.1 Å². The van der Waals surface area contributed by atoms with Gasteiger partial charge in [-0.3, -0.25) is 0 Å². The van der Waals surface area contributed by atoms with Gasteiger partial charge in [-0.05, 0) is 51.0 Å². The first kappa shape index (κ1) is 15.2. The minimum atomic E-state index is -0.0694. The summed E-state index contributed by atoms with van der Waals surface area (Å²) in [5.41, 5.74) is 3.17. The molecule has 21 heavy (non-hydrogen) atoms. The van der Waals surface area contributed by atoms with Gasteiger partial charge in [0.05, 0.1) is 11.1 Å². The van der Waals surface area contributed by atoms with Crippen molar-refractivity contribution in [3.05, 3.63) is 11.5 Å². The third kappa shape index (κ3) is 2.82. The van der Waals surface area contributed by atoms with E-state index in [1.165, 1.54) is 24.3 Å². The van der Waals surface area contributed by atoms with Gasteiger partial charge in [0, 0.05) is 13.1 Å². The predicted octanol–water partition coefficient (Wildman–Crippen LogP) is 4.00. The lowest BCUT2D eigenvalue weighted by atomic mass is 10.0. The minimum absolute atomic E-state index is 0.0694. The van der Waals surface area contributed by atoms with E-state index < -0.39 is 0 Å². The van der Waals surface area contributed by atoms with Crippen LogP contribution in [-0.2, 0) is 13.1 Å². The summed E-state index contributed by atoms with van der Waals surface area (Å²) in [7, 11) is 0. The summed E-state index contributed by atoms with van der Waals surface area (Å²) in [6.45, 7) is 8.06. The summed E-state index contributed by atoms with van der Waals surface area (Å²) in [4.78, 5) is 4.79. The van der Waals surface area contributed by atoms with Crippen LogP contribution in [0, 0.1) is 12.8 Å². The SMILES string of the molecule is CCn1nc(C)c2nc(C(C)Cl)n(CC3CCSCC3)c21. The zero-order valence-corrected chi connectivity index (χ0v) is 14.5. The molecular formula is C15H23ClN4S. The average molecular weight is 327 g/mol. The molecule has 6 heteroatoms. The number of nitrogens with zero attached hydrogens (tertiary/aromatic N) is 4. The number of hydrogen-bond acceptors (Lipinski definition) is 3. The van der Waals surface area contributed by atoms with Gasteiger partial charge in [0.25, 0.3) is 0 Å². The molecule has 0 aromatic carbocycles. The number of imidazole rings is 1. The van der Waals surface area contributed by atoms with E-state index in [1.54, 1.807) is 0 Å². The van der Waals surface area contributed by atoms with Gasteiger partial charge in [-0.15, -0.1) is 11.6 Å². The summed E-state index contributed by atoms with van der Waals surface area (Å²) < 4.78 is 4.40. The zero-order valence-electron chi connectivity index (χ0n) is 13.0. The number of rotatable bonds is 4. The van der Waals surface area contributed by atoms with Gasteiger partial charge in [0.15, 0.2) is 5.65 Å². The first-order chi connectivity index (χ1) is 10.1. The van der Waals surface area contributed by atoms with Crippen LogP contribution < -0.4 is 0 Å². The van der Waals surface area contributed by atoms with Crippen LogP contribution in [0.5, 0.6) is 0 Å². The summed E-state index contributed by atoms with van der Waals surface area (Å²) in [5.74, 6) is 4.28. The summed E-state index contributed by atoms with van der Waals surface area (Å²) in [6.07, 6.45) is 2.58. The summed E-state index contributed by atoms with van der Waals surface area (Å²) >= 11 is 8.45. The first-order valence-corrected chi connectivity index (χ1v) is 9.36. The normalized spacial score (nSPS) is 18.5. The van der Waals surface area contributed by atoms with E-state index in [1.807, 2.05) is 13.8 Å². The molecule has 4 nitrogen and oxygen atoms in total. The molecule has 1 aliphatic rings. The first-order valence-electron chi connectivity index (χ1n) is 7.77. The van der Waals surface area contributed by atoms with Crippen LogP contribution in [0.15, 0.2) is 0 Å². The van der Waals surface area contributed by atoms with E-state index in [9.17, 15) is 0 Å². The maximum Gasteiger partial charge on any atom is 0.158 e. The molecule has 1 aliphatic heterocycles. The fourth-order valence-electron chi connectivity index (χ4n) is 3.13. The van der Waals surface area contributed by atoms with E-state index in [0.29, 0.717) is 0 Å². The number of halogens is 1. The topological polar surface area (TPSA) is 35.6 Å². The van der Waals surface area contributed by atoms with Gasteiger partial charge in [0.1, 0.15) is 11.3 Å². The van der Waals surface area contributed by atoms with Crippen LogP contribution >= 0.6 is 23.4 Å². The van der Waals surface area contributed by atoms with E-state index in [4.69, 9.17) is 16.6 Å². The molecule has 2 aromatic rings. The van der Waals surface area contributed by atoms with Crippen molar-refractivity contribution in [2.24, 2.45) is 5.92 Å². The highest BCUT2D eigenvalue weighted by atomic mass is 35.5. The second-order valence-electron chi connectivity index (χ2n) is 5.83. The van der Waals surface area contributed by atoms with Crippen LogP contribution in [0.25, 0.3) is 11.2 Å². The second kappa shape index (κ2) is 6.21. The van der Waals surface area contributed by atoms with Crippen molar-refractivity contribution in [3.8, 4) is 0 Å². The number of fused-ring (bicyclic) bond motifs is 1. The molecule has 3 rings (SSSR count). The van der Waals surface area contributed by atoms with Crippen molar-refractivity contribution in [2.75, 3.05) is 11.5 Å². The number of thioether (sulfide) groups is 1. The predicted molar refractivity (Wildman–Crippen MR) is 90.2 cm³/mol. The number of alkyl halides is 1. The van der Waals surface area contributed by atoms with Gasteiger partial charge < -0.3 is 4.57 Å². The zero-order chi connectivity index (χ0) is 15.0. The Labute approximate surface area is 135 Å². The average Bonchev–Trinajstić information content (AvgIpc) is 2.99. The van der Waals surface area contributed by atoms with E-state index in [-0.39, 0.29) is 5.38 Å². The Morgan fingerprint density at radius 2 is 2.10 bits per heavy atom. The highest BCUT2D eigenvalue weighted by Gasteiger charge is 2.23. The summed E-state index contributed by atoms with van der Waals surface area (Å²) in [5, 5.41) is 4.54. The Balaban J connectivity index is 2.05. The number of aromatic nitrogens is 4. The molecule has 1 atom stereocenters. The monoisotopic (exact) mass is 326 g/mol. The third-order valence-electron chi connectivity index (χ3n) is 4.27. The molecule has 1 fully saturated rings. The maximum atomic E-state index is 6.39. The quantitative estimate of drug-likeness (QED) is 0.796. The maximum absolute atomic E-state index is 6.39. The Morgan fingerprint density at radius 3 is 2.71 bits per heavy atom. The van der Waals surface area contributed by atoms with Crippen molar-refractivity contribution < 1.29 is 0 Å². The van der Waals surface area contributed by atoms with Gasteiger partial charge >= 0.3 is 0 Å². The minimum Gasteiger partial charge on any atom is -0.311 e. The fraction of sp³-hybridized carbons (Fsp3) is 0.733. The molecule has 0 spiro atoms. The van der Waals surface area contributed by atoms with E-state index in [0.717, 1.165) is 41.7 Å². The van der Waals surface area contributed by atoms with E-state index in [2.05, 4.69) is 33.0 Å². The fourth-order valence-corrected chi connectivity index (χ4v) is 4.50. The van der Waals surface area contributed by atoms with Gasteiger partial charge in [-0.1, -0.05) is 0 Å². The Bertz CT molecular complexity index is 625. The Hall–Kier alpha value is -0.680. The lowest BCUT2D eigenvalue weighted by molar-refractivity contribution is 0.410. The van der Waals surface area contributed by atoms with Crippen LogP contribution in [0.4, 0.5) is 0 Å². The molecule has 1 unspecified atom stereocenters. The van der Waals surface area contributed by atoms with Crippen molar-refractivity contribution >= 4 is 34.5 Å². The second-order valence-corrected chi connectivity index (χ2v) is 7.71. The molecule has 3 heterocycles. The lowest BCUT2D eigenvalue weighted by Gasteiger charge is -2.23. The largest absolute Gasteiger partial charge is 0.311 e. The molecule has 2 aromatic heterocycles. The molecule has 0 radical (unpaired) electrons. The molecular weight excluding hydrogens is 304 g/mol. The standard InChI is InChI=1S/C15H23ClN4S/c1-4-20-15-13(11(3)18-20)17-14(10(2)16)19(15)9-12-5-7-21-8-6-12/h10,12H,4-9H2,1-3H3. The molecule has 0 N–H and O–H groups in total. The smallest absolute Gasteiger partial charge is 0.158 e. The molecule has 116 valence electrons. The highest BCUT2D eigenvalue weighted by Crippen LogP contribution is 2.30. The number of hydrogen-bond donors (Lipinski definition) is 0. The lowest BCUT2D eigenvalue weighted by Crippen LogP contribution is -2.19. The van der Waals surface area contributed by atoms with Crippen molar-refractivity contribution in [1.29, 1.82) is 0 Å². The third-order valence-corrected chi connectivity index (χ3v) is 5.51. The Morgan fingerprint density at radius 1 is 1.38 bits per heavy atom. The molecule has 0 amide bonds. The molecule has 1 saturated heterocycles. The van der Waals surface area contributed by atoms with E-state index >= 15 is 0 Å². The summed E-state index contributed by atoms with van der Waals surface area (Å²) in [6, 6.07) is 0. The molecule has 0 aliphatic carbocycles.